The van der Waals surface area contributed by atoms with Gasteiger partial charge in [-0.25, -0.2) is 4.79 Å². The van der Waals surface area contributed by atoms with Gasteiger partial charge in [0.25, 0.3) is 0 Å². The number of amides is 1. The van der Waals surface area contributed by atoms with Gasteiger partial charge in [-0.2, -0.15) is 0 Å². The molecule has 1 amide bonds. The van der Waals surface area contributed by atoms with Crippen LogP contribution in [0.1, 0.15) is 52.6 Å². The van der Waals surface area contributed by atoms with E-state index in [4.69, 9.17) is 4.74 Å². The predicted molar refractivity (Wildman–Crippen MR) is 138 cm³/mol. The summed E-state index contributed by atoms with van der Waals surface area (Å²) in [7, 11) is 1.63. The van der Waals surface area contributed by atoms with Crippen molar-refractivity contribution in [1.29, 1.82) is 0 Å². The van der Waals surface area contributed by atoms with Gasteiger partial charge in [-0.3, -0.25) is 4.79 Å². The summed E-state index contributed by atoms with van der Waals surface area (Å²) in [6.45, 7) is 9.38. The van der Waals surface area contributed by atoms with Crippen molar-refractivity contribution >= 4 is 11.9 Å². The van der Waals surface area contributed by atoms with Gasteiger partial charge in [0.1, 0.15) is 6.10 Å². The Morgan fingerprint density at radius 2 is 1.89 bits per heavy atom. The van der Waals surface area contributed by atoms with Crippen LogP contribution in [0.4, 0.5) is 4.79 Å². The van der Waals surface area contributed by atoms with Crippen molar-refractivity contribution < 1.29 is 29.6 Å². The Morgan fingerprint density at radius 3 is 2.51 bits per heavy atom. The molecule has 9 atom stereocenters. The van der Waals surface area contributed by atoms with Crippen LogP contribution in [0, 0.1) is 34.5 Å². The van der Waals surface area contributed by atoms with Crippen LogP contribution in [0.3, 0.4) is 0 Å². The molecule has 4 aliphatic carbocycles. The summed E-state index contributed by atoms with van der Waals surface area (Å²) >= 11 is 0. The lowest BCUT2D eigenvalue weighted by Crippen LogP contribution is -2.66. The molecular weight excluding hydrogens is 470 g/mol. The number of aliphatic hydroxyl groups is 3. The van der Waals surface area contributed by atoms with Crippen molar-refractivity contribution in [3.63, 3.8) is 0 Å². The summed E-state index contributed by atoms with van der Waals surface area (Å²) in [5, 5.41) is 34.4. The largest absolute Gasteiger partial charge is 0.438 e. The van der Waals surface area contributed by atoms with E-state index in [0.717, 1.165) is 5.56 Å². The number of allylic oxidation sites excluding steroid dienone is 1. The molecule has 2 fully saturated rings. The molecule has 3 N–H and O–H groups in total. The standard InChI is InChI=1S/C30H39NO6/c1-16-14-29-17(2)12-22-23(28(22,4)5)21(25(29)34)13-20(15-32)24(33)30(29,36)26(16)37-27(35)31(6)18(3)19-10-8-7-9-11-19/h7-11,13-14,17-18,21-24,26,32-33,36H,12,15H2,1-6H3/t17-,18+,21+,22-,23+,24-,26+,29+,30+/m1/s1. The van der Waals surface area contributed by atoms with Crippen molar-refractivity contribution in [2.45, 2.75) is 64.9 Å². The molecule has 2 bridgehead atoms. The van der Waals surface area contributed by atoms with E-state index >= 15 is 0 Å². The Kier molecular flexibility index (Phi) is 6.02. The summed E-state index contributed by atoms with van der Waals surface area (Å²) in [5.74, 6) is -0.627. The van der Waals surface area contributed by atoms with E-state index in [9.17, 15) is 24.9 Å². The zero-order valence-electron chi connectivity index (χ0n) is 22.5. The Balaban J connectivity index is 1.55. The Labute approximate surface area is 218 Å². The normalized spacial score (nSPS) is 40.3. The van der Waals surface area contributed by atoms with Gasteiger partial charge < -0.3 is 25.0 Å². The summed E-state index contributed by atoms with van der Waals surface area (Å²) in [5.41, 5.74) is -1.96. The minimum absolute atomic E-state index is 0.0415. The molecule has 1 aromatic carbocycles. The number of carbonyl (C=O) groups excluding carboxylic acids is 2. The lowest BCUT2D eigenvalue weighted by molar-refractivity contribution is -0.191. The number of fused-ring (bicyclic) bond motifs is 3. The highest BCUT2D eigenvalue weighted by Gasteiger charge is 2.76. The quantitative estimate of drug-likeness (QED) is 0.535. The van der Waals surface area contributed by atoms with Gasteiger partial charge in [0.15, 0.2) is 17.5 Å². The number of hydrogen-bond donors (Lipinski definition) is 3. The maximum atomic E-state index is 14.4. The number of rotatable bonds is 4. The number of aliphatic hydroxyl groups excluding tert-OH is 2. The second kappa shape index (κ2) is 8.52. The van der Waals surface area contributed by atoms with Gasteiger partial charge in [-0.1, -0.05) is 63.3 Å². The van der Waals surface area contributed by atoms with Crippen LogP contribution in [0.2, 0.25) is 0 Å². The number of Topliss-reactive ketones (excluding diaryl/α,β-unsaturated/α-hetero) is 1. The topological polar surface area (TPSA) is 107 Å². The number of ether oxygens (including phenoxy) is 1. The number of nitrogens with zero attached hydrogens (tertiary/aromatic N) is 1. The molecule has 1 spiro atoms. The van der Waals surface area contributed by atoms with Crippen molar-refractivity contribution in [1.82, 2.24) is 4.90 Å². The second-order valence-corrected chi connectivity index (χ2v) is 12.3. The first-order chi connectivity index (χ1) is 17.3. The highest BCUT2D eigenvalue weighted by molar-refractivity contribution is 5.95. The fourth-order valence-electron chi connectivity index (χ4n) is 7.89. The van der Waals surface area contributed by atoms with E-state index in [1.807, 2.05) is 44.2 Å². The molecule has 7 nitrogen and oxygen atoms in total. The fourth-order valence-corrected chi connectivity index (χ4v) is 7.89. The Hall–Kier alpha value is -2.48. The van der Waals surface area contributed by atoms with Gasteiger partial charge >= 0.3 is 6.09 Å². The summed E-state index contributed by atoms with van der Waals surface area (Å²) in [6, 6.07) is 9.24. The lowest BCUT2D eigenvalue weighted by Gasteiger charge is -2.49. The lowest BCUT2D eigenvalue weighted by atomic mass is 9.59. The van der Waals surface area contributed by atoms with E-state index in [1.165, 1.54) is 4.90 Å². The number of benzene rings is 1. The predicted octanol–water partition coefficient (Wildman–Crippen LogP) is 3.65. The van der Waals surface area contributed by atoms with Crippen LogP contribution in [-0.4, -0.2) is 63.6 Å². The molecule has 200 valence electrons. The third-order valence-corrected chi connectivity index (χ3v) is 10.3. The number of ketones is 1. The molecular formula is C30H39NO6. The van der Waals surface area contributed by atoms with Crippen LogP contribution >= 0.6 is 0 Å². The van der Waals surface area contributed by atoms with E-state index < -0.39 is 41.8 Å². The Morgan fingerprint density at radius 1 is 1.24 bits per heavy atom. The van der Waals surface area contributed by atoms with Crippen LogP contribution in [0.15, 0.2) is 53.6 Å². The third-order valence-electron chi connectivity index (χ3n) is 10.3. The van der Waals surface area contributed by atoms with E-state index in [2.05, 4.69) is 13.8 Å². The average Bonchev–Trinajstić information content (AvgIpc) is 3.37. The molecule has 0 unspecified atom stereocenters. The van der Waals surface area contributed by atoms with Crippen LogP contribution in [0.25, 0.3) is 0 Å². The van der Waals surface area contributed by atoms with Crippen LogP contribution < -0.4 is 0 Å². The molecule has 4 aliphatic rings. The maximum absolute atomic E-state index is 14.4. The van der Waals surface area contributed by atoms with Gasteiger partial charge in [-0.05, 0) is 60.1 Å². The minimum Gasteiger partial charge on any atom is -0.438 e. The highest BCUT2D eigenvalue weighted by Crippen LogP contribution is 2.71. The van der Waals surface area contributed by atoms with Gasteiger partial charge in [0, 0.05) is 13.0 Å². The molecule has 0 aliphatic heterocycles. The molecule has 0 aromatic heterocycles. The molecule has 2 saturated carbocycles. The van der Waals surface area contributed by atoms with Gasteiger partial charge in [0.2, 0.25) is 0 Å². The van der Waals surface area contributed by atoms with E-state index in [0.29, 0.717) is 17.9 Å². The van der Waals surface area contributed by atoms with Crippen molar-refractivity contribution in [2.24, 2.45) is 34.5 Å². The first kappa shape index (κ1) is 26.1. The fraction of sp³-hybridized carbons (Fsp3) is 0.600. The second-order valence-electron chi connectivity index (χ2n) is 12.3. The third kappa shape index (κ3) is 3.36. The van der Waals surface area contributed by atoms with Gasteiger partial charge in [0.05, 0.1) is 18.1 Å². The zero-order chi connectivity index (χ0) is 27.1. The molecule has 1 aromatic rings. The monoisotopic (exact) mass is 509 g/mol. The molecule has 5 rings (SSSR count). The summed E-state index contributed by atoms with van der Waals surface area (Å²) < 4.78 is 5.97. The van der Waals surface area contributed by atoms with Crippen molar-refractivity contribution in [2.75, 3.05) is 13.7 Å². The number of hydrogen-bond acceptors (Lipinski definition) is 6. The van der Waals surface area contributed by atoms with E-state index in [-0.39, 0.29) is 34.6 Å². The number of carbonyl (C=O) groups is 2. The maximum Gasteiger partial charge on any atom is 0.410 e. The SMILES string of the molecule is CC1=C[C@]23C(=O)[C@@H](C=C(CO)[C@@H](O)[C@]2(O)[C@H]1OC(=O)N(C)[C@@H](C)c1ccccc1)[C@H]1[C@@H](C[C@H]3C)C1(C)C. The molecule has 37 heavy (non-hydrogen) atoms. The van der Waals surface area contributed by atoms with Crippen LogP contribution in [0.5, 0.6) is 0 Å². The van der Waals surface area contributed by atoms with Gasteiger partial charge in [-0.15, -0.1) is 0 Å². The van der Waals surface area contributed by atoms with E-state index in [1.54, 1.807) is 26.1 Å². The average molecular weight is 510 g/mol. The molecule has 0 radical (unpaired) electrons. The van der Waals surface area contributed by atoms with Crippen LogP contribution in [-0.2, 0) is 9.53 Å². The molecule has 7 heteroatoms. The first-order valence-electron chi connectivity index (χ1n) is 13.3. The van der Waals surface area contributed by atoms with Crippen molar-refractivity contribution in [3.05, 3.63) is 59.2 Å². The molecule has 0 heterocycles. The summed E-state index contributed by atoms with van der Waals surface area (Å²) in [4.78, 5) is 29.3. The molecule has 0 saturated heterocycles. The summed E-state index contributed by atoms with van der Waals surface area (Å²) in [6.07, 6.45) is 0.660. The highest BCUT2D eigenvalue weighted by atomic mass is 16.6. The smallest absolute Gasteiger partial charge is 0.410 e. The zero-order valence-corrected chi connectivity index (χ0v) is 22.5. The van der Waals surface area contributed by atoms with Crippen molar-refractivity contribution in [3.8, 4) is 0 Å². The minimum atomic E-state index is -2.13. The first-order valence-corrected chi connectivity index (χ1v) is 13.3. The Bertz CT molecular complexity index is 1170.